The summed E-state index contributed by atoms with van der Waals surface area (Å²) in [6, 6.07) is 8.37. The van der Waals surface area contributed by atoms with Crippen molar-refractivity contribution in [2.24, 2.45) is 5.92 Å². The molecule has 1 saturated heterocycles. The van der Waals surface area contributed by atoms with Crippen molar-refractivity contribution in [2.75, 3.05) is 24.5 Å². The molecule has 1 amide bonds. The molecule has 3 heterocycles. The van der Waals surface area contributed by atoms with Crippen molar-refractivity contribution in [1.29, 1.82) is 0 Å². The molecule has 0 unspecified atom stereocenters. The van der Waals surface area contributed by atoms with Crippen LogP contribution in [0.2, 0.25) is 0 Å². The summed E-state index contributed by atoms with van der Waals surface area (Å²) < 4.78 is 1.86. The van der Waals surface area contributed by atoms with E-state index in [0.717, 1.165) is 60.2 Å². The predicted molar refractivity (Wildman–Crippen MR) is 109 cm³/mol. The molecule has 7 heteroatoms. The highest BCUT2D eigenvalue weighted by Gasteiger charge is 2.27. The Labute approximate surface area is 163 Å². The van der Waals surface area contributed by atoms with Gasteiger partial charge in [0.25, 0.3) is 0 Å². The number of benzene rings is 1. The normalized spacial score (nSPS) is 17.4. The summed E-state index contributed by atoms with van der Waals surface area (Å²) in [6.07, 6.45) is 4.91. The Hall–Kier alpha value is -2.41. The van der Waals surface area contributed by atoms with Gasteiger partial charge in [0.05, 0.1) is 17.8 Å². The minimum absolute atomic E-state index is 0.0460. The molecule has 142 valence electrons. The van der Waals surface area contributed by atoms with Crippen molar-refractivity contribution >= 4 is 27.3 Å². The number of amides is 1. The SMILES string of the molecule is CCCNC(=O)[C@H]1CCCN(c2nn3cc(-c4ccc(C)cc4)nc3s2)C1. The molecule has 1 N–H and O–H groups in total. The molecular formula is C20H25N5OS. The van der Waals surface area contributed by atoms with Crippen LogP contribution in [-0.4, -0.2) is 40.1 Å². The van der Waals surface area contributed by atoms with E-state index >= 15 is 0 Å². The van der Waals surface area contributed by atoms with Gasteiger partial charge in [-0.3, -0.25) is 4.79 Å². The molecule has 1 aliphatic heterocycles. The number of piperidine rings is 1. The lowest BCUT2D eigenvalue weighted by atomic mass is 9.97. The second-order valence-corrected chi connectivity index (χ2v) is 8.11. The van der Waals surface area contributed by atoms with Crippen molar-refractivity contribution in [2.45, 2.75) is 33.1 Å². The monoisotopic (exact) mass is 383 g/mol. The number of hydrogen-bond donors (Lipinski definition) is 1. The smallest absolute Gasteiger partial charge is 0.224 e. The third kappa shape index (κ3) is 3.83. The van der Waals surface area contributed by atoms with Gasteiger partial charge in [0.1, 0.15) is 0 Å². The second-order valence-electron chi connectivity index (χ2n) is 7.18. The molecule has 1 fully saturated rings. The first-order chi connectivity index (χ1) is 13.1. The van der Waals surface area contributed by atoms with E-state index < -0.39 is 0 Å². The van der Waals surface area contributed by atoms with Crippen LogP contribution in [0.4, 0.5) is 5.13 Å². The zero-order valence-electron chi connectivity index (χ0n) is 15.8. The van der Waals surface area contributed by atoms with Gasteiger partial charge in [0.2, 0.25) is 16.0 Å². The summed E-state index contributed by atoms with van der Waals surface area (Å²) in [5, 5.41) is 8.69. The molecule has 0 radical (unpaired) electrons. The summed E-state index contributed by atoms with van der Waals surface area (Å²) in [5.74, 6) is 0.217. The van der Waals surface area contributed by atoms with Crippen molar-refractivity contribution in [3.63, 3.8) is 0 Å². The number of rotatable bonds is 5. The van der Waals surface area contributed by atoms with Crippen LogP contribution in [0.1, 0.15) is 31.7 Å². The lowest BCUT2D eigenvalue weighted by Gasteiger charge is -2.31. The highest BCUT2D eigenvalue weighted by Crippen LogP contribution is 2.29. The van der Waals surface area contributed by atoms with Crippen LogP contribution < -0.4 is 10.2 Å². The van der Waals surface area contributed by atoms with Gasteiger partial charge in [-0.1, -0.05) is 48.1 Å². The molecule has 3 aromatic rings. The Bertz CT molecular complexity index is 898. The molecule has 2 aromatic heterocycles. The molecule has 0 saturated carbocycles. The molecule has 1 aliphatic rings. The van der Waals surface area contributed by atoms with E-state index in [1.165, 1.54) is 5.56 Å². The quantitative estimate of drug-likeness (QED) is 0.732. The second kappa shape index (κ2) is 7.68. The lowest BCUT2D eigenvalue weighted by Crippen LogP contribution is -2.43. The zero-order chi connectivity index (χ0) is 18.8. The average Bonchev–Trinajstić information content (AvgIpc) is 3.26. The van der Waals surface area contributed by atoms with Gasteiger partial charge < -0.3 is 10.2 Å². The molecule has 6 nitrogen and oxygen atoms in total. The summed E-state index contributed by atoms with van der Waals surface area (Å²) in [5.41, 5.74) is 3.28. The van der Waals surface area contributed by atoms with E-state index in [4.69, 9.17) is 10.1 Å². The van der Waals surface area contributed by atoms with E-state index in [1.54, 1.807) is 11.3 Å². The van der Waals surface area contributed by atoms with Gasteiger partial charge in [-0.05, 0) is 26.2 Å². The van der Waals surface area contributed by atoms with Crippen molar-refractivity contribution in [3.05, 3.63) is 36.0 Å². The van der Waals surface area contributed by atoms with Gasteiger partial charge in [-0.15, -0.1) is 5.10 Å². The Morgan fingerprint density at radius 3 is 2.89 bits per heavy atom. The van der Waals surface area contributed by atoms with E-state index in [0.29, 0.717) is 0 Å². The maximum absolute atomic E-state index is 12.3. The van der Waals surface area contributed by atoms with E-state index in [1.807, 2.05) is 10.7 Å². The first-order valence-electron chi connectivity index (χ1n) is 9.60. The van der Waals surface area contributed by atoms with Crippen LogP contribution in [0.3, 0.4) is 0 Å². The van der Waals surface area contributed by atoms with Crippen LogP contribution in [0, 0.1) is 12.8 Å². The minimum Gasteiger partial charge on any atom is -0.356 e. The van der Waals surface area contributed by atoms with Gasteiger partial charge in [-0.25, -0.2) is 9.50 Å². The first-order valence-corrected chi connectivity index (χ1v) is 10.4. The number of imidazole rings is 1. The topological polar surface area (TPSA) is 62.5 Å². The number of nitrogens with one attached hydrogen (secondary N) is 1. The van der Waals surface area contributed by atoms with Gasteiger partial charge >= 0.3 is 0 Å². The molecule has 1 atom stereocenters. The van der Waals surface area contributed by atoms with Crippen molar-refractivity contribution < 1.29 is 4.79 Å². The van der Waals surface area contributed by atoms with Gasteiger partial charge in [-0.2, -0.15) is 0 Å². The number of fused-ring (bicyclic) bond motifs is 1. The highest BCUT2D eigenvalue weighted by molar-refractivity contribution is 7.20. The molecule has 4 rings (SSSR count). The van der Waals surface area contributed by atoms with Crippen LogP contribution >= 0.6 is 11.3 Å². The highest BCUT2D eigenvalue weighted by atomic mass is 32.1. The largest absolute Gasteiger partial charge is 0.356 e. The number of nitrogens with zero attached hydrogens (tertiary/aromatic N) is 4. The van der Waals surface area contributed by atoms with E-state index in [9.17, 15) is 4.79 Å². The molecule has 0 spiro atoms. The number of anilines is 1. The Morgan fingerprint density at radius 1 is 1.33 bits per heavy atom. The van der Waals surface area contributed by atoms with Crippen molar-refractivity contribution in [3.8, 4) is 11.3 Å². The van der Waals surface area contributed by atoms with Gasteiger partial charge in [0.15, 0.2) is 0 Å². The first kappa shape index (κ1) is 18.0. The van der Waals surface area contributed by atoms with Crippen molar-refractivity contribution in [1.82, 2.24) is 19.9 Å². The predicted octanol–water partition coefficient (Wildman–Crippen LogP) is 3.51. The average molecular weight is 384 g/mol. The fraction of sp³-hybridized carbons (Fsp3) is 0.450. The maximum atomic E-state index is 12.3. The number of hydrogen-bond acceptors (Lipinski definition) is 5. The summed E-state index contributed by atoms with van der Waals surface area (Å²) in [7, 11) is 0. The van der Waals surface area contributed by atoms with Crippen LogP contribution in [-0.2, 0) is 4.79 Å². The van der Waals surface area contributed by atoms with Crippen LogP contribution in [0.25, 0.3) is 16.2 Å². The number of carbonyl (C=O) groups excluding carboxylic acids is 1. The number of aryl methyl sites for hydroxylation is 1. The summed E-state index contributed by atoms with van der Waals surface area (Å²) >= 11 is 1.59. The summed E-state index contributed by atoms with van der Waals surface area (Å²) in [6.45, 7) is 6.58. The minimum atomic E-state index is 0.0460. The third-order valence-corrected chi connectivity index (χ3v) is 5.98. The lowest BCUT2D eigenvalue weighted by molar-refractivity contribution is -0.125. The number of aromatic nitrogens is 3. The molecular weight excluding hydrogens is 358 g/mol. The molecule has 27 heavy (non-hydrogen) atoms. The maximum Gasteiger partial charge on any atom is 0.224 e. The Balaban J connectivity index is 1.50. The van der Waals surface area contributed by atoms with Gasteiger partial charge in [0, 0.05) is 25.2 Å². The molecule has 1 aromatic carbocycles. The Kier molecular flexibility index (Phi) is 5.11. The van der Waals surface area contributed by atoms with Crippen LogP contribution in [0.15, 0.2) is 30.5 Å². The van der Waals surface area contributed by atoms with Crippen LogP contribution in [0.5, 0.6) is 0 Å². The fourth-order valence-corrected chi connectivity index (χ4v) is 4.36. The zero-order valence-corrected chi connectivity index (χ0v) is 16.6. The fourth-order valence-electron chi connectivity index (χ4n) is 3.44. The number of carbonyl (C=O) groups is 1. The van der Waals surface area contributed by atoms with E-state index in [2.05, 4.69) is 48.3 Å². The van der Waals surface area contributed by atoms with E-state index in [-0.39, 0.29) is 11.8 Å². The molecule has 0 bridgehead atoms. The molecule has 0 aliphatic carbocycles. The third-order valence-electron chi connectivity index (χ3n) is 4.99. The standard InChI is InChI=1S/C20H25N5OS/c1-3-10-21-18(26)16-5-4-11-24(12-16)20-23-25-13-17(22-19(25)27-20)15-8-6-14(2)7-9-15/h6-9,13,16H,3-5,10-12H2,1-2H3,(H,21,26)/t16-/m0/s1. The summed E-state index contributed by atoms with van der Waals surface area (Å²) in [4.78, 5) is 20.2. The Morgan fingerprint density at radius 2 is 2.15 bits per heavy atom.